The Balaban J connectivity index is 2.87. The molecule has 4 nitrogen and oxygen atoms in total. The van der Waals surface area contributed by atoms with E-state index < -0.39 is 29.8 Å². The third kappa shape index (κ3) is 4.65. The Morgan fingerprint density at radius 2 is 2.05 bits per heavy atom. The lowest BCUT2D eigenvalue weighted by Gasteiger charge is -2.43. The van der Waals surface area contributed by atoms with Gasteiger partial charge in [-0.05, 0) is 27.2 Å². The number of carbonyl (C=O) groups is 1. The van der Waals surface area contributed by atoms with Crippen LogP contribution in [-0.4, -0.2) is 43.0 Å². The second kappa shape index (κ2) is 5.66. The van der Waals surface area contributed by atoms with Gasteiger partial charge in [-0.15, -0.1) is 0 Å². The molecule has 0 amide bonds. The van der Waals surface area contributed by atoms with E-state index in [4.69, 9.17) is 9.47 Å². The Kier molecular flexibility index (Phi) is 4.84. The Bertz CT molecular complexity index is 331. The maximum absolute atomic E-state index is 12.4. The van der Waals surface area contributed by atoms with Crippen LogP contribution in [0.25, 0.3) is 0 Å². The number of alkyl halides is 3. The summed E-state index contributed by atoms with van der Waals surface area (Å²) in [7, 11) is 0. The van der Waals surface area contributed by atoms with Crippen LogP contribution in [0.1, 0.15) is 33.6 Å². The fraction of sp³-hybridized carbons (Fsp3) is 0.917. The van der Waals surface area contributed by atoms with Gasteiger partial charge in [-0.3, -0.25) is 10.1 Å². The summed E-state index contributed by atoms with van der Waals surface area (Å²) >= 11 is 0. The highest BCUT2D eigenvalue weighted by atomic mass is 19.4. The Labute approximate surface area is 110 Å². The van der Waals surface area contributed by atoms with Crippen molar-refractivity contribution in [2.75, 3.05) is 19.8 Å². The van der Waals surface area contributed by atoms with E-state index in [0.717, 1.165) is 0 Å². The molecule has 1 fully saturated rings. The van der Waals surface area contributed by atoms with Crippen molar-refractivity contribution in [1.29, 1.82) is 0 Å². The first-order valence-electron chi connectivity index (χ1n) is 6.23. The molecule has 7 heteroatoms. The monoisotopic (exact) mass is 283 g/mol. The molecule has 0 aromatic rings. The third-order valence-corrected chi connectivity index (χ3v) is 3.04. The van der Waals surface area contributed by atoms with Crippen molar-refractivity contribution in [2.24, 2.45) is 0 Å². The van der Waals surface area contributed by atoms with Crippen molar-refractivity contribution in [3.05, 3.63) is 0 Å². The summed E-state index contributed by atoms with van der Waals surface area (Å²) in [4.78, 5) is 12.0. The number of hydrogen-bond acceptors (Lipinski definition) is 4. The predicted molar refractivity (Wildman–Crippen MR) is 62.7 cm³/mol. The van der Waals surface area contributed by atoms with Crippen LogP contribution < -0.4 is 5.32 Å². The largest absolute Gasteiger partial charge is 0.465 e. The highest BCUT2D eigenvalue weighted by Gasteiger charge is 2.49. The van der Waals surface area contributed by atoms with E-state index in [2.05, 4.69) is 5.32 Å². The molecule has 1 rings (SSSR count). The minimum atomic E-state index is -4.37. The lowest BCUT2D eigenvalue weighted by molar-refractivity contribution is -0.170. The lowest BCUT2D eigenvalue weighted by Crippen LogP contribution is -2.61. The van der Waals surface area contributed by atoms with Crippen LogP contribution in [0.4, 0.5) is 13.2 Å². The van der Waals surface area contributed by atoms with Gasteiger partial charge in [0.25, 0.3) is 0 Å². The van der Waals surface area contributed by atoms with Gasteiger partial charge in [0, 0.05) is 13.0 Å². The smallest absolute Gasteiger partial charge is 0.401 e. The molecule has 0 bridgehead atoms. The van der Waals surface area contributed by atoms with Crippen molar-refractivity contribution >= 4 is 5.97 Å². The normalized spacial score (nSPS) is 27.1. The standard InChI is InChI=1S/C12H20F3NO3/c1-4-18-9(17)11(16-8-12(13,14)15)5-6-19-10(2,3)7-11/h16H,4-8H2,1-3H3. The van der Waals surface area contributed by atoms with E-state index in [1.54, 1.807) is 20.8 Å². The topological polar surface area (TPSA) is 47.6 Å². The molecule has 1 atom stereocenters. The average Bonchev–Trinajstić information content (AvgIpc) is 2.24. The van der Waals surface area contributed by atoms with Crippen molar-refractivity contribution in [3.8, 4) is 0 Å². The molecule has 112 valence electrons. The highest BCUT2D eigenvalue weighted by molar-refractivity contribution is 5.81. The molecule has 0 aromatic heterocycles. The zero-order chi connectivity index (χ0) is 14.7. The molecule has 19 heavy (non-hydrogen) atoms. The molecule has 0 aliphatic carbocycles. The number of hydrogen-bond donors (Lipinski definition) is 1. The van der Waals surface area contributed by atoms with Crippen LogP contribution in [0.2, 0.25) is 0 Å². The lowest BCUT2D eigenvalue weighted by atomic mass is 9.81. The van der Waals surface area contributed by atoms with E-state index in [-0.39, 0.29) is 26.1 Å². The molecule has 1 aliphatic heterocycles. The number of esters is 1. The first kappa shape index (κ1) is 16.2. The van der Waals surface area contributed by atoms with Crippen molar-refractivity contribution < 1.29 is 27.4 Å². The van der Waals surface area contributed by atoms with Gasteiger partial charge < -0.3 is 9.47 Å². The molecule has 1 saturated heterocycles. The molecule has 1 heterocycles. The predicted octanol–water partition coefficient (Wildman–Crippen LogP) is 2.03. The Morgan fingerprint density at radius 1 is 1.42 bits per heavy atom. The molecule has 0 saturated carbocycles. The molecule has 1 N–H and O–H groups in total. The van der Waals surface area contributed by atoms with Gasteiger partial charge in [0.05, 0.1) is 18.8 Å². The van der Waals surface area contributed by atoms with Gasteiger partial charge in [-0.2, -0.15) is 13.2 Å². The summed E-state index contributed by atoms with van der Waals surface area (Å²) in [5.74, 6) is -0.643. The van der Waals surface area contributed by atoms with Crippen LogP contribution in [-0.2, 0) is 14.3 Å². The number of nitrogens with one attached hydrogen (secondary N) is 1. The second-order valence-corrected chi connectivity index (χ2v) is 5.31. The zero-order valence-corrected chi connectivity index (χ0v) is 11.4. The van der Waals surface area contributed by atoms with Crippen LogP contribution >= 0.6 is 0 Å². The Morgan fingerprint density at radius 3 is 2.53 bits per heavy atom. The molecule has 1 unspecified atom stereocenters. The molecule has 0 aromatic carbocycles. The van der Waals surface area contributed by atoms with Crippen molar-refractivity contribution in [1.82, 2.24) is 5.32 Å². The first-order chi connectivity index (χ1) is 8.60. The quantitative estimate of drug-likeness (QED) is 0.802. The van der Waals surface area contributed by atoms with Crippen molar-refractivity contribution in [2.45, 2.75) is 50.9 Å². The van der Waals surface area contributed by atoms with Crippen LogP contribution in [0.5, 0.6) is 0 Å². The van der Waals surface area contributed by atoms with Gasteiger partial charge in [-0.25, -0.2) is 0 Å². The van der Waals surface area contributed by atoms with Gasteiger partial charge in [0.15, 0.2) is 0 Å². The van der Waals surface area contributed by atoms with Gasteiger partial charge in [0.2, 0.25) is 0 Å². The van der Waals surface area contributed by atoms with Crippen LogP contribution in [0, 0.1) is 0 Å². The summed E-state index contributed by atoms with van der Waals surface area (Å²) in [5.41, 5.74) is -1.99. The van der Waals surface area contributed by atoms with E-state index >= 15 is 0 Å². The number of rotatable bonds is 4. The van der Waals surface area contributed by atoms with E-state index in [1.807, 2.05) is 0 Å². The summed E-state index contributed by atoms with van der Waals surface area (Å²) in [5, 5.41) is 2.34. The Hall–Kier alpha value is -0.820. The summed E-state index contributed by atoms with van der Waals surface area (Å²) in [6.45, 7) is 4.25. The fourth-order valence-corrected chi connectivity index (χ4v) is 2.30. The van der Waals surface area contributed by atoms with E-state index in [0.29, 0.717) is 0 Å². The van der Waals surface area contributed by atoms with Crippen LogP contribution in [0.15, 0.2) is 0 Å². The minimum Gasteiger partial charge on any atom is -0.465 e. The third-order valence-electron chi connectivity index (χ3n) is 3.04. The average molecular weight is 283 g/mol. The van der Waals surface area contributed by atoms with E-state index in [9.17, 15) is 18.0 Å². The summed E-state index contributed by atoms with van der Waals surface area (Å²) in [6.07, 6.45) is -4.05. The molecular weight excluding hydrogens is 263 g/mol. The number of carbonyl (C=O) groups excluding carboxylic acids is 1. The molecule has 1 aliphatic rings. The maximum atomic E-state index is 12.4. The van der Waals surface area contributed by atoms with Crippen molar-refractivity contribution in [3.63, 3.8) is 0 Å². The van der Waals surface area contributed by atoms with Gasteiger partial charge in [0.1, 0.15) is 5.54 Å². The number of ether oxygens (including phenoxy) is 2. The molecule has 0 radical (unpaired) electrons. The second-order valence-electron chi connectivity index (χ2n) is 5.31. The SMILES string of the molecule is CCOC(=O)C1(NCC(F)(F)F)CCOC(C)(C)C1. The van der Waals surface area contributed by atoms with Gasteiger partial charge in [-0.1, -0.05) is 0 Å². The summed E-state index contributed by atoms with van der Waals surface area (Å²) in [6, 6.07) is 0. The minimum absolute atomic E-state index is 0.134. The highest BCUT2D eigenvalue weighted by Crippen LogP contribution is 2.33. The maximum Gasteiger partial charge on any atom is 0.401 e. The molecular formula is C12H20F3NO3. The van der Waals surface area contributed by atoms with Gasteiger partial charge >= 0.3 is 12.1 Å². The van der Waals surface area contributed by atoms with E-state index in [1.165, 1.54) is 0 Å². The zero-order valence-electron chi connectivity index (χ0n) is 11.4. The molecule has 0 spiro atoms. The first-order valence-corrected chi connectivity index (χ1v) is 6.23. The number of halogens is 3. The summed E-state index contributed by atoms with van der Waals surface area (Å²) < 4.78 is 47.5. The van der Waals surface area contributed by atoms with Crippen LogP contribution in [0.3, 0.4) is 0 Å². The fourth-order valence-electron chi connectivity index (χ4n) is 2.30.